The van der Waals surface area contributed by atoms with E-state index in [9.17, 15) is 28.8 Å². The highest BCUT2D eigenvalue weighted by Crippen LogP contribution is 2.65. The van der Waals surface area contributed by atoms with Gasteiger partial charge in [0.05, 0.1) is 12.2 Å². The van der Waals surface area contributed by atoms with Gasteiger partial charge in [0, 0.05) is 25.5 Å². The molecule has 1 aromatic heterocycles. The summed E-state index contributed by atoms with van der Waals surface area (Å²) in [7, 11) is 0. The molecule has 4 N–H and O–H groups in total. The monoisotopic (exact) mass is 693 g/mol. The van der Waals surface area contributed by atoms with Crippen molar-refractivity contribution in [2.75, 3.05) is 13.1 Å². The molecule has 274 valence electrons. The maximum Gasteiger partial charge on any atom is 0.289 e. The predicted octanol–water partition coefficient (Wildman–Crippen LogP) is 2.72. The van der Waals surface area contributed by atoms with Crippen molar-refractivity contribution < 1.29 is 28.8 Å². The van der Waals surface area contributed by atoms with Crippen molar-refractivity contribution in [3.8, 4) is 0 Å². The summed E-state index contributed by atoms with van der Waals surface area (Å²) in [5, 5.41) is 11.2. The Kier molecular flexibility index (Phi) is 12.6. The van der Waals surface area contributed by atoms with Crippen LogP contribution in [0, 0.1) is 28.6 Å². The first-order valence-electron chi connectivity index (χ1n) is 18.0. The van der Waals surface area contributed by atoms with Crippen molar-refractivity contribution in [2.24, 2.45) is 28.6 Å². The van der Waals surface area contributed by atoms with Crippen molar-refractivity contribution in [1.82, 2.24) is 36.1 Å². The number of carbonyl (C=O) groups excluding carboxylic acids is 6. The third kappa shape index (κ3) is 8.76. The van der Waals surface area contributed by atoms with Crippen LogP contribution in [0.5, 0.6) is 0 Å². The van der Waals surface area contributed by atoms with E-state index in [1.165, 1.54) is 24.7 Å². The number of hydrogen-bond acceptors (Lipinski definition) is 8. The number of nitrogens with one attached hydrogen (secondary N) is 4. The van der Waals surface area contributed by atoms with E-state index in [4.69, 9.17) is 0 Å². The molecule has 0 radical (unpaired) electrons. The van der Waals surface area contributed by atoms with Gasteiger partial charge in [-0.1, -0.05) is 79.7 Å². The van der Waals surface area contributed by atoms with E-state index in [0.29, 0.717) is 13.0 Å². The standard InChI is InChI=1S/C37H55N7O6/c1-8-10-16-24(29(45)34(49)40-17-9-2)41-33(48)28-26-23(37(26,6)7)21-44(28)35(50)30(36(3,4)5)43-32(47)27(22-14-12-11-13-15-22)42-31(46)25-20-38-18-19-39-25/h9,18-20,22-24,26-28,30H,2,8,10-17,21H2,1,3-7H3,(H,40,49)(H,41,48)(H,42,46)(H,43,47)/t23-,24-,26-,27-,28-,30+/m0/s1. The topological polar surface area (TPSA) is 180 Å². The second-order valence-corrected chi connectivity index (χ2v) is 15.7. The zero-order valence-electron chi connectivity index (χ0n) is 30.4. The van der Waals surface area contributed by atoms with Gasteiger partial charge in [-0.3, -0.25) is 33.8 Å². The van der Waals surface area contributed by atoms with E-state index in [0.717, 1.165) is 38.5 Å². The summed E-state index contributed by atoms with van der Waals surface area (Å²) < 4.78 is 0. The molecule has 3 aliphatic rings. The molecule has 0 bridgehead atoms. The minimum atomic E-state index is -1.04. The van der Waals surface area contributed by atoms with Gasteiger partial charge in [0.1, 0.15) is 23.8 Å². The van der Waals surface area contributed by atoms with Crippen LogP contribution in [0.25, 0.3) is 0 Å². The Bertz CT molecular complexity index is 1440. The molecule has 4 rings (SSSR count). The number of fused-ring (bicyclic) bond motifs is 1. The number of likely N-dealkylation sites (tertiary alicyclic amines) is 1. The van der Waals surface area contributed by atoms with Crippen molar-refractivity contribution in [3.63, 3.8) is 0 Å². The van der Waals surface area contributed by atoms with Gasteiger partial charge in [-0.2, -0.15) is 0 Å². The van der Waals surface area contributed by atoms with Crippen molar-refractivity contribution in [2.45, 2.75) is 117 Å². The normalized spacial score (nSPS) is 23.0. The summed E-state index contributed by atoms with van der Waals surface area (Å²) in [6, 6.07) is -3.85. The molecule has 2 aliphatic carbocycles. The Morgan fingerprint density at radius 3 is 2.34 bits per heavy atom. The Morgan fingerprint density at radius 1 is 1.04 bits per heavy atom. The fraction of sp³-hybridized carbons (Fsp3) is 0.676. The van der Waals surface area contributed by atoms with Crippen LogP contribution in [-0.4, -0.2) is 87.4 Å². The lowest BCUT2D eigenvalue weighted by molar-refractivity contribution is -0.147. The minimum absolute atomic E-state index is 0.0560. The fourth-order valence-electron chi connectivity index (χ4n) is 7.70. The van der Waals surface area contributed by atoms with Gasteiger partial charge >= 0.3 is 0 Å². The molecule has 6 atom stereocenters. The molecule has 13 heteroatoms. The van der Waals surface area contributed by atoms with Gasteiger partial charge in [0.2, 0.25) is 23.5 Å². The van der Waals surface area contributed by atoms with Crippen LogP contribution in [0.15, 0.2) is 31.2 Å². The van der Waals surface area contributed by atoms with Crippen molar-refractivity contribution >= 4 is 35.3 Å². The average Bonchev–Trinajstić information content (AvgIpc) is 3.39. The quantitative estimate of drug-likeness (QED) is 0.160. The first kappa shape index (κ1) is 38.6. The summed E-state index contributed by atoms with van der Waals surface area (Å²) >= 11 is 0. The number of piperidine rings is 1. The Morgan fingerprint density at radius 2 is 1.74 bits per heavy atom. The summed E-state index contributed by atoms with van der Waals surface area (Å²) in [5.74, 6) is -3.65. The number of aromatic nitrogens is 2. The molecule has 2 heterocycles. The number of nitrogens with zero attached hydrogens (tertiary/aromatic N) is 3. The molecule has 0 aromatic carbocycles. The van der Waals surface area contributed by atoms with E-state index in [-0.39, 0.29) is 41.8 Å². The van der Waals surface area contributed by atoms with Crippen LogP contribution in [-0.2, 0) is 24.0 Å². The molecular formula is C37H55N7O6. The van der Waals surface area contributed by atoms with Gasteiger partial charge in [-0.25, -0.2) is 4.98 Å². The molecule has 0 unspecified atom stereocenters. The van der Waals surface area contributed by atoms with Crippen LogP contribution in [0.3, 0.4) is 0 Å². The molecular weight excluding hydrogens is 638 g/mol. The van der Waals surface area contributed by atoms with Crippen LogP contribution in [0.4, 0.5) is 0 Å². The van der Waals surface area contributed by atoms with Crippen molar-refractivity contribution in [1.29, 1.82) is 0 Å². The number of hydrogen-bond donors (Lipinski definition) is 4. The Labute approximate surface area is 295 Å². The molecule has 3 fully saturated rings. The van der Waals surface area contributed by atoms with E-state index < -0.39 is 64.9 Å². The van der Waals surface area contributed by atoms with Crippen molar-refractivity contribution in [3.05, 3.63) is 36.9 Å². The van der Waals surface area contributed by atoms with Crippen LogP contribution < -0.4 is 21.3 Å². The summed E-state index contributed by atoms with van der Waals surface area (Å²) in [6.07, 6.45) is 11.7. The fourth-order valence-corrected chi connectivity index (χ4v) is 7.70. The highest BCUT2D eigenvalue weighted by Gasteiger charge is 2.70. The third-order valence-corrected chi connectivity index (χ3v) is 10.8. The van der Waals surface area contributed by atoms with Gasteiger partial charge in [-0.15, -0.1) is 6.58 Å². The zero-order chi connectivity index (χ0) is 36.8. The largest absolute Gasteiger partial charge is 0.346 e. The molecule has 1 aromatic rings. The van der Waals surface area contributed by atoms with Crippen LogP contribution in [0.2, 0.25) is 0 Å². The van der Waals surface area contributed by atoms with Gasteiger partial charge in [0.25, 0.3) is 11.8 Å². The lowest BCUT2D eigenvalue weighted by atomic mass is 9.82. The highest BCUT2D eigenvalue weighted by molar-refractivity contribution is 6.38. The summed E-state index contributed by atoms with van der Waals surface area (Å²) in [4.78, 5) is 91.3. The lowest BCUT2D eigenvalue weighted by Gasteiger charge is -2.39. The molecule has 1 saturated heterocycles. The van der Waals surface area contributed by atoms with Gasteiger partial charge < -0.3 is 26.2 Å². The molecule has 13 nitrogen and oxygen atoms in total. The number of carbonyl (C=O) groups is 6. The maximum absolute atomic E-state index is 14.6. The summed E-state index contributed by atoms with van der Waals surface area (Å²) in [5.41, 5.74) is -0.878. The zero-order valence-corrected chi connectivity index (χ0v) is 30.4. The first-order chi connectivity index (χ1) is 23.6. The van der Waals surface area contributed by atoms with Gasteiger partial charge in [-0.05, 0) is 47.8 Å². The third-order valence-electron chi connectivity index (χ3n) is 10.8. The maximum atomic E-state index is 14.6. The van der Waals surface area contributed by atoms with E-state index in [1.54, 1.807) is 4.90 Å². The lowest BCUT2D eigenvalue weighted by Crippen LogP contribution is -2.62. The average molecular weight is 694 g/mol. The highest BCUT2D eigenvalue weighted by atomic mass is 16.2. The van der Waals surface area contributed by atoms with E-state index in [1.807, 2.05) is 27.7 Å². The second kappa shape index (κ2) is 16.2. The Balaban J connectivity index is 1.58. The van der Waals surface area contributed by atoms with Crippen LogP contribution >= 0.6 is 0 Å². The number of ketones is 1. The SMILES string of the molecule is C=CCNC(=O)C(=O)[C@H](CCCC)NC(=O)[C@@H]1[C@@H]2[C@H](CN1C(=O)[C@@H](NC(=O)[C@@H](NC(=O)c1cnccn1)C1CCCCC1)C(C)(C)C)C2(C)C. The number of unbranched alkanes of at least 4 members (excludes halogenated alkanes) is 1. The number of rotatable bonds is 15. The smallest absolute Gasteiger partial charge is 0.289 e. The van der Waals surface area contributed by atoms with E-state index >= 15 is 0 Å². The second-order valence-electron chi connectivity index (χ2n) is 15.7. The summed E-state index contributed by atoms with van der Waals surface area (Å²) in [6.45, 7) is 15.6. The molecule has 0 spiro atoms. The van der Waals surface area contributed by atoms with Gasteiger partial charge in [0.15, 0.2) is 0 Å². The number of amides is 5. The first-order valence-corrected chi connectivity index (χ1v) is 18.0. The number of Topliss-reactive ketones (excluding diaryl/α,β-unsaturated/α-hetero) is 1. The Hall–Kier alpha value is -4.16. The molecule has 5 amide bonds. The van der Waals surface area contributed by atoms with Crippen LogP contribution in [0.1, 0.15) is 103 Å². The molecule has 1 aliphatic heterocycles. The molecule has 50 heavy (non-hydrogen) atoms. The molecule has 2 saturated carbocycles. The minimum Gasteiger partial charge on any atom is -0.346 e. The van der Waals surface area contributed by atoms with E-state index in [2.05, 4.69) is 51.7 Å². The predicted molar refractivity (Wildman–Crippen MR) is 187 cm³/mol.